The lowest BCUT2D eigenvalue weighted by Gasteiger charge is -2.19. The van der Waals surface area contributed by atoms with Crippen LogP contribution in [-0.2, 0) is 5.41 Å². The smallest absolute Gasteiger partial charge is 0.200 e. The van der Waals surface area contributed by atoms with Crippen LogP contribution in [-0.4, -0.2) is 0 Å². The summed E-state index contributed by atoms with van der Waals surface area (Å²) in [5.41, 5.74) is 2.48. The van der Waals surface area contributed by atoms with Crippen LogP contribution >= 0.6 is 15.9 Å². The zero-order valence-corrected chi connectivity index (χ0v) is 13.2. The minimum absolute atomic E-state index is 0.0167. The largest absolute Gasteiger partial charge is 0.456 e. The number of rotatable bonds is 0. The number of fused-ring (bicyclic) bond motifs is 2. The zero-order chi connectivity index (χ0) is 14.5. The Morgan fingerprint density at radius 1 is 0.950 bits per heavy atom. The van der Waals surface area contributed by atoms with Crippen LogP contribution in [0.3, 0.4) is 0 Å². The van der Waals surface area contributed by atoms with Crippen molar-refractivity contribution >= 4 is 37.9 Å². The van der Waals surface area contributed by atoms with Crippen LogP contribution in [0.25, 0.3) is 21.9 Å². The Morgan fingerprint density at radius 2 is 1.70 bits per heavy atom. The maximum atomic E-state index is 12.5. The molecule has 2 nitrogen and oxygen atoms in total. The van der Waals surface area contributed by atoms with Gasteiger partial charge in [-0.25, -0.2) is 0 Å². The van der Waals surface area contributed by atoms with E-state index in [0.717, 1.165) is 10.0 Å². The van der Waals surface area contributed by atoms with Crippen molar-refractivity contribution in [2.45, 2.75) is 26.2 Å². The first-order valence-electron chi connectivity index (χ1n) is 6.53. The SMILES string of the molecule is CC(C)(C)c1ccc2c(=O)c3cc(Br)ccc3oc2c1. The summed E-state index contributed by atoms with van der Waals surface area (Å²) < 4.78 is 6.77. The molecule has 3 aromatic rings. The van der Waals surface area contributed by atoms with Gasteiger partial charge in [-0.15, -0.1) is 0 Å². The average Bonchev–Trinajstić information content (AvgIpc) is 2.38. The van der Waals surface area contributed by atoms with E-state index in [4.69, 9.17) is 4.42 Å². The molecule has 0 unspecified atom stereocenters. The molecular weight excluding hydrogens is 316 g/mol. The molecule has 3 heteroatoms. The minimum Gasteiger partial charge on any atom is -0.456 e. The molecule has 2 aromatic carbocycles. The van der Waals surface area contributed by atoms with E-state index in [1.165, 1.54) is 0 Å². The summed E-state index contributed by atoms with van der Waals surface area (Å²) in [7, 11) is 0. The Bertz CT molecular complexity index is 870. The molecule has 0 spiro atoms. The van der Waals surface area contributed by atoms with Gasteiger partial charge in [-0.3, -0.25) is 4.79 Å². The Kier molecular flexibility index (Phi) is 2.98. The Balaban J connectivity index is 2.41. The van der Waals surface area contributed by atoms with Crippen molar-refractivity contribution in [3.8, 4) is 0 Å². The van der Waals surface area contributed by atoms with Gasteiger partial charge in [0.2, 0.25) is 5.43 Å². The van der Waals surface area contributed by atoms with Crippen molar-refractivity contribution in [3.63, 3.8) is 0 Å². The molecule has 102 valence electrons. The van der Waals surface area contributed by atoms with Gasteiger partial charge in [0.1, 0.15) is 11.2 Å². The fourth-order valence-corrected chi connectivity index (χ4v) is 2.65. The summed E-state index contributed by atoms with van der Waals surface area (Å²) in [5.74, 6) is 0. The Hall–Kier alpha value is -1.61. The first-order valence-corrected chi connectivity index (χ1v) is 7.32. The van der Waals surface area contributed by atoms with E-state index in [1.807, 2.05) is 30.3 Å². The van der Waals surface area contributed by atoms with Crippen molar-refractivity contribution in [2.24, 2.45) is 0 Å². The number of benzene rings is 2. The number of hydrogen-bond acceptors (Lipinski definition) is 2. The van der Waals surface area contributed by atoms with Crippen LogP contribution in [0.4, 0.5) is 0 Å². The third kappa shape index (κ3) is 2.16. The summed E-state index contributed by atoms with van der Waals surface area (Å²) in [6.45, 7) is 6.43. The second-order valence-corrected chi connectivity index (χ2v) is 6.95. The molecule has 0 saturated carbocycles. The van der Waals surface area contributed by atoms with Crippen LogP contribution in [0, 0.1) is 0 Å². The molecule has 20 heavy (non-hydrogen) atoms. The molecule has 0 atom stereocenters. The highest BCUT2D eigenvalue weighted by molar-refractivity contribution is 9.10. The first kappa shape index (κ1) is 13.4. The van der Waals surface area contributed by atoms with Crippen LogP contribution < -0.4 is 5.43 Å². The quantitative estimate of drug-likeness (QED) is 0.542. The molecule has 0 fully saturated rings. The van der Waals surface area contributed by atoms with E-state index >= 15 is 0 Å². The van der Waals surface area contributed by atoms with Gasteiger partial charge in [0, 0.05) is 4.47 Å². The molecule has 1 heterocycles. The van der Waals surface area contributed by atoms with Crippen molar-refractivity contribution in [1.82, 2.24) is 0 Å². The highest BCUT2D eigenvalue weighted by Crippen LogP contribution is 2.27. The Morgan fingerprint density at radius 3 is 2.40 bits per heavy atom. The second-order valence-electron chi connectivity index (χ2n) is 6.03. The van der Waals surface area contributed by atoms with Gasteiger partial charge in [-0.2, -0.15) is 0 Å². The van der Waals surface area contributed by atoms with Gasteiger partial charge in [-0.1, -0.05) is 42.8 Å². The molecule has 0 radical (unpaired) electrons. The second kappa shape index (κ2) is 4.45. The predicted octanol–water partition coefficient (Wildman–Crippen LogP) is 5.01. The monoisotopic (exact) mass is 330 g/mol. The molecule has 0 bridgehead atoms. The van der Waals surface area contributed by atoms with Crippen molar-refractivity contribution in [3.05, 3.63) is 56.7 Å². The van der Waals surface area contributed by atoms with Gasteiger partial charge < -0.3 is 4.42 Å². The summed E-state index contributed by atoms with van der Waals surface area (Å²) in [6, 6.07) is 11.3. The lowest BCUT2D eigenvalue weighted by molar-refractivity contribution is 0.587. The van der Waals surface area contributed by atoms with E-state index in [0.29, 0.717) is 21.9 Å². The first-order chi connectivity index (χ1) is 9.36. The average molecular weight is 331 g/mol. The maximum Gasteiger partial charge on any atom is 0.200 e. The fourth-order valence-electron chi connectivity index (χ4n) is 2.29. The summed E-state index contributed by atoms with van der Waals surface area (Å²) in [6.07, 6.45) is 0. The molecule has 1 aromatic heterocycles. The summed E-state index contributed by atoms with van der Waals surface area (Å²) in [4.78, 5) is 12.5. The third-order valence-corrected chi connectivity index (χ3v) is 3.99. The van der Waals surface area contributed by atoms with Crippen LogP contribution in [0.15, 0.2) is 50.1 Å². The molecule has 0 amide bonds. The Labute approximate surface area is 125 Å². The molecule has 0 aliphatic heterocycles. The lowest BCUT2D eigenvalue weighted by Crippen LogP contribution is -2.11. The van der Waals surface area contributed by atoms with E-state index in [2.05, 4.69) is 36.7 Å². The van der Waals surface area contributed by atoms with Crippen LogP contribution in [0.1, 0.15) is 26.3 Å². The summed E-state index contributed by atoms with van der Waals surface area (Å²) >= 11 is 3.39. The van der Waals surface area contributed by atoms with E-state index in [1.54, 1.807) is 6.07 Å². The lowest BCUT2D eigenvalue weighted by atomic mass is 9.86. The van der Waals surface area contributed by atoms with Gasteiger partial charge in [0.25, 0.3) is 0 Å². The molecule has 0 N–H and O–H groups in total. The minimum atomic E-state index is 0.0167. The normalized spacial score (nSPS) is 12.2. The van der Waals surface area contributed by atoms with Gasteiger partial charge in [0.15, 0.2) is 0 Å². The predicted molar refractivity (Wildman–Crippen MR) is 86.4 cm³/mol. The van der Waals surface area contributed by atoms with Gasteiger partial charge in [0.05, 0.1) is 10.8 Å². The third-order valence-electron chi connectivity index (χ3n) is 3.50. The van der Waals surface area contributed by atoms with Crippen molar-refractivity contribution in [2.75, 3.05) is 0 Å². The van der Waals surface area contributed by atoms with E-state index in [-0.39, 0.29) is 10.8 Å². The number of hydrogen-bond donors (Lipinski definition) is 0. The molecule has 0 aliphatic carbocycles. The molecular formula is C17H15BrO2. The topological polar surface area (TPSA) is 30.2 Å². The highest BCUT2D eigenvalue weighted by Gasteiger charge is 2.16. The van der Waals surface area contributed by atoms with Gasteiger partial charge in [-0.05, 0) is 41.3 Å². The standard InChI is InChI=1S/C17H15BrO2/c1-17(2,3)10-4-6-12-15(8-10)20-14-7-5-11(18)9-13(14)16(12)19/h4-9H,1-3H3. The fraction of sp³-hybridized carbons (Fsp3) is 0.235. The summed E-state index contributed by atoms with van der Waals surface area (Å²) in [5, 5.41) is 1.24. The van der Waals surface area contributed by atoms with Crippen LogP contribution in [0.2, 0.25) is 0 Å². The van der Waals surface area contributed by atoms with E-state index in [9.17, 15) is 4.79 Å². The van der Waals surface area contributed by atoms with Crippen LogP contribution in [0.5, 0.6) is 0 Å². The zero-order valence-electron chi connectivity index (χ0n) is 11.7. The van der Waals surface area contributed by atoms with Crippen molar-refractivity contribution < 1.29 is 4.42 Å². The van der Waals surface area contributed by atoms with Crippen molar-refractivity contribution in [1.29, 1.82) is 0 Å². The highest BCUT2D eigenvalue weighted by atomic mass is 79.9. The maximum absolute atomic E-state index is 12.5. The molecule has 0 saturated heterocycles. The molecule has 0 aliphatic rings. The molecule has 3 rings (SSSR count). The van der Waals surface area contributed by atoms with E-state index < -0.39 is 0 Å². The number of halogens is 1. The van der Waals surface area contributed by atoms with Gasteiger partial charge >= 0.3 is 0 Å².